The molecule has 2 aromatic heterocycles. The third kappa shape index (κ3) is 5.32. The van der Waals surface area contributed by atoms with E-state index in [0.717, 1.165) is 37.3 Å². The summed E-state index contributed by atoms with van der Waals surface area (Å²) in [5.41, 5.74) is 3.38. The van der Waals surface area contributed by atoms with Gasteiger partial charge in [-0.3, -0.25) is 15.0 Å². The summed E-state index contributed by atoms with van der Waals surface area (Å²) in [5.74, 6) is 0.617. The standard InChI is InChI=1S/C20H28N6O3/c1-4-22-20(28)24-18-11-15(25-29-18)12-26-9-7-14(8-10-26)16-5-6-17(19(27)21-3)23-13(16)2/h5-6,11,14H,4,7-10,12H2,1-3H3,(H,21,27)(H2,22,24,28). The van der Waals surface area contributed by atoms with Crippen molar-refractivity contribution in [2.45, 2.75) is 39.2 Å². The zero-order chi connectivity index (χ0) is 20.8. The lowest BCUT2D eigenvalue weighted by atomic mass is 9.88. The van der Waals surface area contributed by atoms with E-state index in [-0.39, 0.29) is 11.9 Å². The van der Waals surface area contributed by atoms with Crippen LogP contribution in [0.4, 0.5) is 10.7 Å². The monoisotopic (exact) mass is 400 g/mol. The molecule has 156 valence electrons. The van der Waals surface area contributed by atoms with Crippen LogP contribution in [0.5, 0.6) is 0 Å². The van der Waals surface area contributed by atoms with E-state index in [9.17, 15) is 9.59 Å². The molecule has 9 heteroatoms. The van der Waals surface area contributed by atoms with Crippen LogP contribution in [0.25, 0.3) is 0 Å². The van der Waals surface area contributed by atoms with Gasteiger partial charge in [-0.05, 0) is 57.3 Å². The number of carbonyl (C=O) groups excluding carboxylic acids is 2. The highest BCUT2D eigenvalue weighted by Crippen LogP contribution is 2.30. The van der Waals surface area contributed by atoms with Crippen LogP contribution in [0.1, 0.15) is 53.1 Å². The number of anilines is 1. The molecule has 0 aromatic carbocycles. The fourth-order valence-electron chi connectivity index (χ4n) is 3.65. The maximum atomic E-state index is 11.7. The average Bonchev–Trinajstić information content (AvgIpc) is 3.14. The second-order valence-corrected chi connectivity index (χ2v) is 7.17. The lowest BCUT2D eigenvalue weighted by Crippen LogP contribution is -2.33. The second kappa shape index (κ2) is 9.51. The molecule has 3 amide bonds. The summed E-state index contributed by atoms with van der Waals surface area (Å²) in [6, 6.07) is 5.28. The highest BCUT2D eigenvalue weighted by molar-refractivity contribution is 5.92. The van der Waals surface area contributed by atoms with Crippen molar-refractivity contribution in [2.75, 3.05) is 32.0 Å². The zero-order valence-corrected chi connectivity index (χ0v) is 17.1. The number of nitrogens with one attached hydrogen (secondary N) is 3. The molecule has 0 unspecified atom stereocenters. The number of rotatable bonds is 6. The van der Waals surface area contributed by atoms with Gasteiger partial charge in [-0.2, -0.15) is 0 Å². The number of likely N-dealkylation sites (tertiary alicyclic amines) is 1. The Kier molecular flexibility index (Phi) is 6.82. The largest absolute Gasteiger partial charge is 0.354 e. The number of nitrogens with zero attached hydrogens (tertiary/aromatic N) is 3. The van der Waals surface area contributed by atoms with Crippen molar-refractivity contribution in [1.82, 2.24) is 25.7 Å². The summed E-state index contributed by atoms with van der Waals surface area (Å²) < 4.78 is 5.18. The van der Waals surface area contributed by atoms with Crippen molar-refractivity contribution in [3.63, 3.8) is 0 Å². The van der Waals surface area contributed by atoms with Gasteiger partial charge in [0.25, 0.3) is 5.91 Å². The zero-order valence-electron chi connectivity index (χ0n) is 17.1. The minimum atomic E-state index is -0.303. The molecular formula is C20H28N6O3. The number of hydrogen-bond acceptors (Lipinski definition) is 6. The van der Waals surface area contributed by atoms with Crippen LogP contribution in [-0.4, -0.2) is 53.7 Å². The second-order valence-electron chi connectivity index (χ2n) is 7.17. The van der Waals surface area contributed by atoms with Crippen LogP contribution in [0.2, 0.25) is 0 Å². The fraction of sp³-hybridized carbons (Fsp3) is 0.500. The van der Waals surface area contributed by atoms with Gasteiger partial charge in [-0.25, -0.2) is 9.78 Å². The van der Waals surface area contributed by atoms with Crippen LogP contribution < -0.4 is 16.0 Å². The third-order valence-electron chi connectivity index (χ3n) is 5.13. The van der Waals surface area contributed by atoms with Gasteiger partial charge in [-0.15, -0.1) is 0 Å². The number of carbonyl (C=O) groups is 2. The van der Waals surface area contributed by atoms with Gasteiger partial charge in [0.05, 0.1) is 5.69 Å². The molecule has 2 aromatic rings. The topological polar surface area (TPSA) is 112 Å². The average molecular weight is 400 g/mol. The Morgan fingerprint density at radius 3 is 2.69 bits per heavy atom. The van der Waals surface area contributed by atoms with E-state index in [4.69, 9.17) is 4.52 Å². The lowest BCUT2D eigenvalue weighted by molar-refractivity contribution is 0.0958. The predicted molar refractivity (Wildman–Crippen MR) is 109 cm³/mol. The van der Waals surface area contributed by atoms with Crippen LogP contribution in [0.15, 0.2) is 22.7 Å². The van der Waals surface area contributed by atoms with Crippen molar-refractivity contribution in [1.29, 1.82) is 0 Å². The fourth-order valence-corrected chi connectivity index (χ4v) is 3.65. The number of amides is 3. The predicted octanol–water partition coefficient (Wildman–Crippen LogP) is 2.26. The molecule has 0 spiro atoms. The van der Waals surface area contributed by atoms with E-state index in [2.05, 4.69) is 31.0 Å². The summed E-state index contributed by atoms with van der Waals surface area (Å²) in [4.78, 5) is 30.1. The van der Waals surface area contributed by atoms with Gasteiger partial charge in [0.15, 0.2) is 0 Å². The molecule has 3 heterocycles. The first kappa shape index (κ1) is 20.8. The van der Waals surface area contributed by atoms with Gasteiger partial charge in [0.1, 0.15) is 5.69 Å². The van der Waals surface area contributed by atoms with E-state index in [1.807, 2.05) is 19.9 Å². The highest BCUT2D eigenvalue weighted by Gasteiger charge is 2.23. The minimum absolute atomic E-state index is 0.164. The first-order chi connectivity index (χ1) is 14.0. The third-order valence-corrected chi connectivity index (χ3v) is 5.13. The Labute approximate surface area is 170 Å². The van der Waals surface area contributed by atoms with Crippen LogP contribution in [-0.2, 0) is 6.54 Å². The van der Waals surface area contributed by atoms with Gasteiger partial charge in [-0.1, -0.05) is 11.2 Å². The van der Waals surface area contributed by atoms with Crippen LogP contribution in [0, 0.1) is 6.92 Å². The van der Waals surface area contributed by atoms with Crippen molar-refractivity contribution < 1.29 is 14.1 Å². The molecule has 0 saturated carbocycles. The number of aryl methyl sites for hydroxylation is 1. The molecule has 0 radical (unpaired) electrons. The number of hydrogen-bond donors (Lipinski definition) is 3. The first-order valence-electron chi connectivity index (χ1n) is 9.92. The van der Waals surface area contributed by atoms with Crippen LogP contribution in [0.3, 0.4) is 0 Å². The van der Waals surface area contributed by atoms with E-state index in [0.29, 0.717) is 30.6 Å². The Bertz CT molecular complexity index is 858. The van der Waals surface area contributed by atoms with Gasteiger partial charge in [0.2, 0.25) is 5.88 Å². The lowest BCUT2D eigenvalue weighted by Gasteiger charge is -2.32. The Hall–Kier alpha value is -2.94. The number of pyridine rings is 1. The van der Waals surface area contributed by atoms with Crippen molar-refractivity contribution in [3.8, 4) is 0 Å². The smallest absolute Gasteiger partial charge is 0.321 e. The molecule has 1 saturated heterocycles. The number of urea groups is 1. The Balaban J connectivity index is 1.53. The molecule has 29 heavy (non-hydrogen) atoms. The van der Waals surface area contributed by atoms with E-state index in [1.54, 1.807) is 19.2 Å². The van der Waals surface area contributed by atoms with Crippen molar-refractivity contribution in [2.24, 2.45) is 0 Å². The number of aromatic nitrogens is 2. The van der Waals surface area contributed by atoms with Gasteiger partial charge in [0, 0.05) is 31.9 Å². The van der Waals surface area contributed by atoms with Crippen LogP contribution >= 0.6 is 0 Å². The normalized spacial score (nSPS) is 15.1. The summed E-state index contributed by atoms with van der Waals surface area (Å²) in [6.07, 6.45) is 2.04. The SMILES string of the molecule is CCNC(=O)Nc1cc(CN2CCC(c3ccc(C(=O)NC)nc3C)CC2)no1. The quantitative estimate of drug-likeness (QED) is 0.686. The molecule has 1 aliphatic heterocycles. The molecule has 9 nitrogen and oxygen atoms in total. The highest BCUT2D eigenvalue weighted by atomic mass is 16.5. The molecule has 0 bridgehead atoms. The Morgan fingerprint density at radius 1 is 1.28 bits per heavy atom. The van der Waals surface area contributed by atoms with Gasteiger partial charge >= 0.3 is 6.03 Å². The van der Waals surface area contributed by atoms with E-state index >= 15 is 0 Å². The molecular weight excluding hydrogens is 372 g/mol. The summed E-state index contributed by atoms with van der Waals surface area (Å²) in [6.45, 7) is 6.92. The first-order valence-corrected chi connectivity index (χ1v) is 9.92. The Morgan fingerprint density at radius 2 is 2.03 bits per heavy atom. The number of piperidine rings is 1. The molecule has 1 fully saturated rings. The van der Waals surface area contributed by atoms with E-state index in [1.165, 1.54) is 5.56 Å². The molecule has 3 rings (SSSR count). The summed E-state index contributed by atoms with van der Waals surface area (Å²) in [7, 11) is 1.61. The summed E-state index contributed by atoms with van der Waals surface area (Å²) in [5, 5.41) is 11.9. The van der Waals surface area contributed by atoms with Crippen molar-refractivity contribution >= 4 is 17.8 Å². The maximum absolute atomic E-state index is 11.7. The molecule has 1 aliphatic rings. The molecule has 0 atom stereocenters. The molecule has 0 aliphatic carbocycles. The summed E-state index contributed by atoms with van der Waals surface area (Å²) >= 11 is 0. The molecule has 3 N–H and O–H groups in total. The van der Waals surface area contributed by atoms with Gasteiger partial charge < -0.3 is 15.2 Å². The van der Waals surface area contributed by atoms with Crippen molar-refractivity contribution in [3.05, 3.63) is 40.8 Å². The minimum Gasteiger partial charge on any atom is -0.354 e. The van der Waals surface area contributed by atoms with E-state index < -0.39 is 0 Å². The maximum Gasteiger partial charge on any atom is 0.321 e.